The van der Waals surface area contributed by atoms with Crippen molar-refractivity contribution in [2.45, 2.75) is 32.1 Å². The molecular weight excluding hydrogens is 374 g/mol. The van der Waals surface area contributed by atoms with Gasteiger partial charge in [0, 0.05) is 27.4 Å². The molecule has 3 aromatic rings. The summed E-state index contributed by atoms with van der Waals surface area (Å²) in [4.78, 5) is 15.7. The quantitative estimate of drug-likeness (QED) is 0.433. The largest absolute Gasteiger partial charge is 0.311 e. The van der Waals surface area contributed by atoms with Crippen LogP contribution in [0.1, 0.15) is 47.5 Å². The van der Waals surface area contributed by atoms with E-state index in [1.54, 1.807) is 11.3 Å². The van der Waals surface area contributed by atoms with E-state index in [4.69, 9.17) is 0 Å². The highest BCUT2D eigenvalue weighted by atomic mass is 32.1. The Bertz CT molecular complexity index is 1150. The number of rotatable bonds is 4. The van der Waals surface area contributed by atoms with E-state index < -0.39 is 0 Å². The predicted molar refractivity (Wildman–Crippen MR) is 122 cm³/mol. The van der Waals surface area contributed by atoms with Crippen molar-refractivity contribution >= 4 is 29.0 Å². The van der Waals surface area contributed by atoms with E-state index in [0.717, 1.165) is 24.0 Å². The minimum absolute atomic E-state index is 0.114. The van der Waals surface area contributed by atoms with Crippen LogP contribution < -0.4 is 4.90 Å². The van der Waals surface area contributed by atoms with Gasteiger partial charge in [-0.05, 0) is 65.9 Å². The summed E-state index contributed by atoms with van der Waals surface area (Å²) < 4.78 is 0. The van der Waals surface area contributed by atoms with Crippen molar-refractivity contribution < 1.29 is 4.79 Å². The molecule has 29 heavy (non-hydrogen) atoms. The van der Waals surface area contributed by atoms with E-state index in [1.165, 1.54) is 38.6 Å². The number of nitrogens with zero attached hydrogens (tertiary/aromatic N) is 1. The molecule has 0 spiro atoms. The van der Waals surface area contributed by atoms with E-state index in [2.05, 4.69) is 91.6 Å². The van der Waals surface area contributed by atoms with Gasteiger partial charge in [0.05, 0.1) is 4.88 Å². The van der Waals surface area contributed by atoms with Crippen LogP contribution in [0.25, 0.3) is 10.4 Å². The molecule has 2 aliphatic carbocycles. The Morgan fingerprint density at radius 2 is 1.79 bits per heavy atom. The van der Waals surface area contributed by atoms with Crippen LogP contribution in [0.15, 0.2) is 78.5 Å². The van der Waals surface area contributed by atoms with E-state index in [0.29, 0.717) is 0 Å². The Morgan fingerprint density at radius 1 is 0.966 bits per heavy atom. The lowest BCUT2D eigenvalue weighted by Crippen LogP contribution is -2.18. The first-order chi connectivity index (χ1) is 14.1. The van der Waals surface area contributed by atoms with E-state index >= 15 is 0 Å². The Balaban J connectivity index is 1.66. The lowest BCUT2D eigenvalue weighted by atomic mass is 9.82. The van der Waals surface area contributed by atoms with Crippen LogP contribution >= 0.6 is 11.3 Å². The highest BCUT2D eigenvalue weighted by molar-refractivity contribution is 7.17. The minimum atomic E-state index is -0.114. The van der Waals surface area contributed by atoms with Gasteiger partial charge >= 0.3 is 0 Å². The van der Waals surface area contributed by atoms with Crippen LogP contribution in [0.5, 0.6) is 0 Å². The molecule has 0 bridgehead atoms. The molecule has 0 amide bonds. The topological polar surface area (TPSA) is 20.3 Å². The van der Waals surface area contributed by atoms with Crippen LogP contribution in [0.4, 0.5) is 11.4 Å². The first kappa shape index (κ1) is 18.1. The van der Waals surface area contributed by atoms with Crippen LogP contribution in [-0.2, 0) is 5.41 Å². The summed E-state index contributed by atoms with van der Waals surface area (Å²) in [6.07, 6.45) is 9.92. The van der Waals surface area contributed by atoms with E-state index in [9.17, 15) is 4.79 Å². The standard InChI is InChI=1S/C26H23NOS/c1-26(2)23-15-20(13-14-22(23)25-24(26)16-21(17-28)29-25)27(18-9-5-3-6-10-18)19-11-7-4-8-12-19/h3,5-7,9-17H,4,8H2,1-2H3. The zero-order valence-electron chi connectivity index (χ0n) is 16.7. The summed E-state index contributed by atoms with van der Waals surface area (Å²) in [6.45, 7) is 4.52. The molecule has 0 fully saturated rings. The van der Waals surface area contributed by atoms with Crippen LogP contribution in [0.3, 0.4) is 0 Å². The molecule has 0 aliphatic heterocycles. The number of benzene rings is 2. The van der Waals surface area contributed by atoms with Gasteiger partial charge in [-0.2, -0.15) is 0 Å². The fourth-order valence-corrected chi connectivity index (χ4v) is 5.63. The molecule has 0 saturated heterocycles. The third kappa shape index (κ3) is 2.89. The zero-order chi connectivity index (χ0) is 20.0. The Labute approximate surface area is 175 Å². The Kier molecular flexibility index (Phi) is 4.29. The lowest BCUT2D eigenvalue weighted by molar-refractivity contribution is 0.112. The SMILES string of the molecule is CC1(C)c2cc(N(C3=CCCC=C3)c3ccccc3)ccc2-c2sc(C=O)cc21. The average Bonchev–Trinajstić information content (AvgIpc) is 3.28. The van der Waals surface area contributed by atoms with Gasteiger partial charge in [-0.1, -0.05) is 50.3 Å². The fraction of sp³-hybridized carbons (Fsp3) is 0.192. The molecule has 1 heterocycles. The van der Waals surface area contributed by atoms with Crippen molar-refractivity contribution in [2.24, 2.45) is 0 Å². The van der Waals surface area contributed by atoms with Gasteiger partial charge in [0.1, 0.15) is 0 Å². The molecule has 5 rings (SSSR count). The molecule has 3 heteroatoms. The third-order valence-electron chi connectivity index (χ3n) is 5.97. The maximum absolute atomic E-state index is 11.3. The number of carbonyl (C=O) groups excluding carboxylic acids is 1. The molecule has 0 radical (unpaired) electrons. The molecule has 2 aromatic carbocycles. The highest BCUT2D eigenvalue weighted by Crippen LogP contribution is 2.53. The van der Waals surface area contributed by atoms with Crippen molar-refractivity contribution in [1.29, 1.82) is 0 Å². The molecule has 2 nitrogen and oxygen atoms in total. The molecule has 144 valence electrons. The predicted octanol–water partition coefficient (Wildman–Crippen LogP) is 7.24. The van der Waals surface area contributed by atoms with Gasteiger partial charge in [-0.15, -0.1) is 11.3 Å². The van der Waals surface area contributed by atoms with Gasteiger partial charge in [0.15, 0.2) is 6.29 Å². The van der Waals surface area contributed by atoms with Crippen molar-refractivity contribution in [3.63, 3.8) is 0 Å². The van der Waals surface area contributed by atoms with Gasteiger partial charge in [-0.3, -0.25) is 4.79 Å². The maximum atomic E-state index is 11.3. The number of carbonyl (C=O) groups is 1. The molecule has 0 unspecified atom stereocenters. The van der Waals surface area contributed by atoms with E-state index in [-0.39, 0.29) is 5.41 Å². The maximum Gasteiger partial charge on any atom is 0.160 e. The van der Waals surface area contributed by atoms with Crippen LogP contribution in [-0.4, -0.2) is 6.29 Å². The average molecular weight is 398 g/mol. The Hall–Kier alpha value is -2.91. The van der Waals surface area contributed by atoms with Crippen LogP contribution in [0, 0.1) is 0 Å². The summed E-state index contributed by atoms with van der Waals surface area (Å²) >= 11 is 1.60. The molecule has 0 atom stereocenters. The molecular formula is C26H23NOS. The van der Waals surface area contributed by atoms with E-state index in [1.807, 2.05) is 0 Å². The zero-order valence-corrected chi connectivity index (χ0v) is 17.5. The number of hydrogen-bond acceptors (Lipinski definition) is 3. The molecule has 0 N–H and O–H groups in total. The first-order valence-electron chi connectivity index (χ1n) is 10.1. The fourth-order valence-electron chi connectivity index (χ4n) is 4.45. The summed E-state index contributed by atoms with van der Waals surface area (Å²) in [7, 11) is 0. The molecule has 0 saturated carbocycles. The van der Waals surface area contributed by atoms with Crippen molar-refractivity contribution in [1.82, 2.24) is 0 Å². The second-order valence-corrected chi connectivity index (χ2v) is 9.23. The molecule has 1 aromatic heterocycles. The number of para-hydroxylation sites is 1. The minimum Gasteiger partial charge on any atom is -0.311 e. The highest BCUT2D eigenvalue weighted by Gasteiger charge is 2.38. The summed E-state index contributed by atoms with van der Waals surface area (Å²) in [5.74, 6) is 0. The van der Waals surface area contributed by atoms with Gasteiger partial charge in [0.2, 0.25) is 0 Å². The Morgan fingerprint density at radius 3 is 2.52 bits per heavy atom. The van der Waals surface area contributed by atoms with Crippen molar-refractivity contribution in [3.8, 4) is 10.4 Å². The van der Waals surface area contributed by atoms with Gasteiger partial charge in [-0.25, -0.2) is 0 Å². The summed E-state index contributed by atoms with van der Waals surface area (Å²) in [5.41, 5.74) is 7.29. The number of thiophene rings is 1. The molecule has 2 aliphatic rings. The first-order valence-corrected chi connectivity index (χ1v) is 10.9. The third-order valence-corrected chi connectivity index (χ3v) is 7.06. The van der Waals surface area contributed by atoms with Gasteiger partial charge < -0.3 is 4.90 Å². The number of fused-ring (bicyclic) bond motifs is 3. The van der Waals surface area contributed by atoms with Crippen molar-refractivity contribution in [3.05, 3.63) is 94.5 Å². The number of allylic oxidation sites excluding steroid dienone is 3. The van der Waals surface area contributed by atoms with Crippen molar-refractivity contribution in [2.75, 3.05) is 4.90 Å². The smallest absolute Gasteiger partial charge is 0.160 e. The number of anilines is 2. The number of hydrogen-bond donors (Lipinski definition) is 0. The summed E-state index contributed by atoms with van der Waals surface area (Å²) in [5, 5.41) is 0. The lowest BCUT2D eigenvalue weighted by Gasteiger charge is -2.29. The normalized spacial score (nSPS) is 16.1. The monoisotopic (exact) mass is 397 g/mol. The number of aldehydes is 1. The van der Waals surface area contributed by atoms with Gasteiger partial charge in [0.25, 0.3) is 0 Å². The van der Waals surface area contributed by atoms with Crippen LogP contribution in [0.2, 0.25) is 0 Å². The second-order valence-electron chi connectivity index (χ2n) is 8.14. The second kappa shape index (κ2) is 6.85. The summed E-state index contributed by atoms with van der Waals surface area (Å²) in [6, 6.07) is 19.4.